The second kappa shape index (κ2) is 35.4. The molecule has 8 fully saturated rings. The SMILES string of the molecule is O=C(O)[C@@H]1CN(C2CCOCC2)C[C@H]1c1ccc(F)cn1.O=C(O)[C@H]1CN(C2CCOCC2)C[C@@H]1c1ccc(F)cn1.O=C(OCc1ccccc1)[C@@H]1CN(C2CCOCC2)C[C@H]1c1ccc(F)cn1.O=C(OCc1ccccc1)[C@H]1CN(C2CCOCC2)C[C@@H]1c1ccc(F)cn1. The van der Waals surface area contributed by atoms with Gasteiger partial charge in [-0.15, -0.1) is 0 Å². The lowest BCUT2D eigenvalue weighted by atomic mass is 9.92. The monoisotopic (exact) mass is 1360 g/mol. The van der Waals surface area contributed by atoms with Gasteiger partial charge in [-0.2, -0.15) is 0 Å². The highest BCUT2D eigenvalue weighted by Gasteiger charge is 2.46. The summed E-state index contributed by atoms with van der Waals surface area (Å²) >= 11 is 0. The van der Waals surface area contributed by atoms with Crippen LogP contribution in [0.15, 0.2) is 134 Å². The third-order valence-electron chi connectivity index (χ3n) is 20.4. The number of aliphatic carboxylic acids is 2. The van der Waals surface area contributed by atoms with E-state index in [-0.39, 0.29) is 72.3 Å². The van der Waals surface area contributed by atoms with E-state index in [4.69, 9.17) is 28.4 Å². The molecule has 0 radical (unpaired) electrons. The van der Waals surface area contributed by atoms with Crippen LogP contribution in [0.3, 0.4) is 0 Å². The Balaban J connectivity index is 0.000000133. The third kappa shape index (κ3) is 19.4. The van der Waals surface area contributed by atoms with Crippen LogP contribution in [0.4, 0.5) is 17.6 Å². The molecule has 20 nitrogen and oxygen atoms in total. The van der Waals surface area contributed by atoms with Crippen LogP contribution in [0.25, 0.3) is 0 Å². The van der Waals surface area contributed by atoms with Crippen molar-refractivity contribution in [2.24, 2.45) is 23.7 Å². The summed E-state index contributed by atoms with van der Waals surface area (Å²) in [6.45, 7) is 11.6. The number of aromatic nitrogens is 4. The molecule has 8 aliphatic heterocycles. The molecule has 0 bridgehead atoms. The molecule has 4 aromatic heterocycles. The third-order valence-corrected chi connectivity index (χ3v) is 20.4. The van der Waals surface area contributed by atoms with Crippen molar-refractivity contribution in [2.75, 3.05) is 105 Å². The minimum absolute atomic E-state index is 0.0910. The number of ether oxygens (including phenoxy) is 6. The predicted molar refractivity (Wildman–Crippen MR) is 351 cm³/mol. The first-order valence-corrected chi connectivity index (χ1v) is 34.3. The van der Waals surface area contributed by atoms with Crippen LogP contribution in [-0.2, 0) is 60.8 Å². The fourth-order valence-electron chi connectivity index (χ4n) is 15.0. The van der Waals surface area contributed by atoms with Crippen LogP contribution < -0.4 is 0 Å². The normalized spacial score (nSPS) is 25.4. The number of nitrogens with zero attached hydrogens (tertiary/aromatic N) is 8. The number of carbonyl (C=O) groups is 4. The van der Waals surface area contributed by atoms with Crippen LogP contribution in [0.1, 0.15) is 109 Å². The zero-order valence-corrected chi connectivity index (χ0v) is 55.1. The number of hydrogen-bond acceptors (Lipinski definition) is 18. The Morgan fingerprint density at radius 1 is 0.357 bits per heavy atom. The van der Waals surface area contributed by atoms with Crippen molar-refractivity contribution in [3.05, 3.63) is 191 Å². The van der Waals surface area contributed by atoms with E-state index in [1.54, 1.807) is 24.3 Å². The second-order valence-electron chi connectivity index (χ2n) is 26.5. The molecule has 98 heavy (non-hydrogen) atoms. The number of carboxylic acid groups (broad SMARTS) is 2. The van der Waals surface area contributed by atoms with Gasteiger partial charge in [0.25, 0.3) is 0 Å². The maximum Gasteiger partial charge on any atom is 0.311 e. The van der Waals surface area contributed by atoms with Crippen LogP contribution in [0.2, 0.25) is 0 Å². The Labute approximate surface area is 569 Å². The molecule has 2 N–H and O–H groups in total. The summed E-state index contributed by atoms with van der Waals surface area (Å²) in [5.74, 6) is -5.67. The molecule has 8 saturated heterocycles. The highest BCUT2D eigenvalue weighted by molar-refractivity contribution is 5.75. The van der Waals surface area contributed by atoms with Crippen molar-refractivity contribution < 1.29 is 75.4 Å². The number of esters is 2. The molecule has 8 atom stereocenters. The van der Waals surface area contributed by atoms with E-state index in [0.717, 1.165) is 152 Å². The van der Waals surface area contributed by atoms with Crippen LogP contribution >= 0.6 is 0 Å². The number of rotatable bonds is 16. The standard InChI is InChI=1S/2C22H25FN2O3.2C15H19FN2O3/c2*23-17-6-7-21(24-12-17)19-13-25(18-8-10-27-11-9-18)14-20(19)22(26)28-15-16-4-2-1-3-5-16;2*16-10-1-2-14(17-7-10)12-8-18(9-13(12)15(19)20)11-3-5-21-6-4-11/h2*1-7,12,18-20H,8-11,13-15H2;2*1-2,7,11-13H,3-6,8-9H2,(H,19,20)/t2*19-,20-;2*12-,13-/m1010/s1. The molecule has 0 spiro atoms. The number of benzene rings is 2. The van der Waals surface area contributed by atoms with Crippen molar-refractivity contribution in [3.63, 3.8) is 0 Å². The Morgan fingerprint density at radius 2 is 0.602 bits per heavy atom. The van der Waals surface area contributed by atoms with Gasteiger partial charge in [0.15, 0.2) is 0 Å². The zero-order valence-electron chi connectivity index (χ0n) is 55.1. The Hall–Kier alpha value is -7.68. The molecule has 6 aromatic rings. The minimum Gasteiger partial charge on any atom is -0.481 e. The van der Waals surface area contributed by atoms with Crippen LogP contribution in [0, 0.1) is 46.9 Å². The summed E-state index contributed by atoms with van der Waals surface area (Å²) in [7, 11) is 0. The lowest BCUT2D eigenvalue weighted by Gasteiger charge is -2.31. The summed E-state index contributed by atoms with van der Waals surface area (Å²) in [4.78, 5) is 74.8. The van der Waals surface area contributed by atoms with E-state index in [2.05, 4.69) is 39.5 Å². The highest BCUT2D eigenvalue weighted by Crippen LogP contribution is 2.40. The molecular formula is C74H88F4N8O12. The van der Waals surface area contributed by atoms with Gasteiger partial charge in [0.05, 0.1) is 48.5 Å². The zero-order chi connectivity index (χ0) is 68.3. The van der Waals surface area contributed by atoms with Gasteiger partial charge in [-0.1, -0.05) is 60.7 Å². The molecule has 24 heteroatoms. The van der Waals surface area contributed by atoms with Crippen molar-refractivity contribution in [1.82, 2.24) is 39.5 Å². The van der Waals surface area contributed by atoms with Gasteiger partial charge < -0.3 is 38.6 Å². The van der Waals surface area contributed by atoms with Crippen molar-refractivity contribution in [3.8, 4) is 0 Å². The van der Waals surface area contributed by atoms with E-state index < -0.39 is 35.4 Å². The first kappa shape index (κ1) is 71.6. The quantitative estimate of drug-likeness (QED) is 0.0679. The Bertz CT molecular complexity index is 3240. The van der Waals surface area contributed by atoms with Crippen LogP contribution in [0.5, 0.6) is 0 Å². The van der Waals surface area contributed by atoms with Crippen LogP contribution in [-0.4, -0.2) is 203 Å². The average molecular weight is 1360 g/mol. The largest absolute Gasteiger partial charge is 0.481 e. The predicted octanol–water partition coefficient (Wildman–Crippen LogP) is 9.32. The molecule has 0 aliphatic carbocycles. The summed E-state index contributed by atoms with van der Waals surface area (Å²) in [6.07, 6.45) is 12.4. The van der Waals surface area contributed by atoms with Gasteiger partial charge in [-0.3, -0.25) is 58.7 Å². The van der Waals surface area contributed by atoms with Crippen molar-refractivity contribution >= 4 is 23.9 Å². The van der Waals surface area contributed by atoms with Gasteiger partial charge in [0, 0.05) is 176 Å². The lowest BCUT2D eigenvalue weighted by Crippen LogP contribution is -2.38. The molecule has 2 aromatic carbocycles. The molecule has 8 aliphatic rings. The van der Waals surface area contributed by atoms with E-state index in [1.807, 2.05) is 60.7 Å². The summed E-state index contributed by atoms with van der Waals surface area (Å²) < 4.78 is 85.6. The minimum atomic E-state index is -0.805. The van der Waals surface area contributed by atoms with Gasteiger partial charge in [-0.25, -0.2) is 17.6 Å². The number of likely N-dealkylation sites (tertiary alicyclic amines) is 4. The van der Waals surface area contributed by atoms with E-state index in [9.17, 15) is 47.0 Å². The van der Waals surface area contributed by atoms with E-state index in [1.165, 1.54) is 36.7 Å². The second-order valence-corrected chi connectivity index (χ2v) is 26.5. The number of carboxylic acids is 2. The highest BCUT2D eigenvalue weighted by atomic mass is 19.1. The molecule has 0 unspecified atom stereocenters. The van der Waals surface area contributed by atoms with Gasteiger partial charge in [0.1, 0.15) is 36.5 Å². The molecule has 0 amide bonds. The number of carbonyl (C=O) groups excluding carboxylic acids is 2. The number of hydrogen-bond donors (Lipinski definition) is 2. The first-order valence-electron chi connectivity index (χ1n) is 34.3. The fraction of sp³-hybridized carbons (Fsp3) is 0.514. The molecule has 0 saturated carbocycles. The molecule has 524 valence electrons. The van der Waals surface area contributed by atoms with Crippen molar-refractivity contribution in [2.45, 2.75) is 112 Å². The maximum atomic E-state index is 13.3. The van der Waals surface area contributed by atoms with Gasteiger partial charge in [0.2, 0.25) is 0 Å². The fourth-order valence-corrected chi connectivity index (χ4v) is 15.0. The van der Waals surface area contributed by atoms with Gasteiger partial charge in [-0.05, 0) is 111 Å². The smallest absolute Gasteiger partial charge is 0.311 e. The summed E-state index contributed by atoms with van der Waals surface area (Å²) in [6, 6.07) is 33.0. The first-order chi connectivity index (χ1) is 47.7. The summed E-state index contributed by atoms with van der Waals surface area (Å²) in [5, 5.41) is 18.9. The number of pyridine rings is 4. The Morgan fingerprint density at radius 3 is 0.837 bits per heavy atom. The van der Waals surface area contributed by atoms with E-state index >= 15 is 0 Å². The topological polar surface area (TPSA) is 229 Å². The average Bonchev–Trinajstić information content (AvgIpc) is 1.70. The molecule has 14 rings (SSSR count). The Kier molecular flexibility index (Phi) is 25.9. The van der Waals surface area contributed by atoms with Crippen molar-refractivity contribution in [1.29, 1.82) is 0 Å². The summed E-state index contributed by atoms with van der Waals surface area (Å²) in [5.41, 5.74) is 4.75. The number of halogens is 4. The molecular weight excluding hydrogens is 1270 g/mol. The lowest BCUT2D eigenvalue weighted by molar-refractivity contribution is -0.150. The molecule has 12 heterocycles. The van der Waals surface area contributed by atoms with Gasteiger partial charge >= 0.3 is 23.9 Å². The maximum absolute atomic E-state index is 13.3. The van der Waals surface area contributed by atoms with E-state index in [0.29, 0.717) is 74.8 Å².